The fraction of sp³-hybridized carbons (Fsp3) is 0.818. The van der Waals surface area contributed by atoms with E-state index in [4.69, 9.17) is 11.6 Å². The van der Waals surface area contributed by atoms with Gasteiger partial charge < -0.3 is 0 Å². The van der Waals surface area contributed by atoms with Crippen molar-refractivity contribution in [1.29, 1.82) is 0 Å². The van der Waals surface area contributed by atoms with Gasteiger partial charge in [0.2, 0.25) is 5.03 Å². The van der Waals surface area contributed by atoms with Crippen molar-refractivity contribution < 1.29 is 8.42 Å². The molecule has 0 N–H and O–H groups in total. The highest BCUT2D eigenvalue weighted by Gasteiger charge is 2.35. The summed E-state index contributed by atoms with van der Waals surface area (Å²) in [5.74, 6) is 0.276. The highest BCUT2D eigenvalue weighted by atomic mass is 79.9. The molecule has 6 nitrogen and oxygen atoms in total. The molecule has 1 saturated carbocycles. The van der Waals surface area contributed by atoms with Crippen molar-refractivity contribution in [2.24, 2.45) is 7.05 Å². The lowest BCUT2D eigenvalue weighted by Crippen LogP contribution is -2.43. The van der Waals surface area contributed by atoms with Gasteiger partial charge in [-0.05, 0) is 28.8 Å². The monoisotopic (exact) mass is 384 g/mol. The first-order chi connectivity index (χ1) is 9.48. The van der Waals surface area contributed by atoms with Crippen molar-refractivity contribution in [3.05, 3.63) is 4.60 Å². The molecular formula is C11H18BrClN4O2S. The maximum absolute atomic E-state index is 12.9. The molecule has 0 bridgehead atoms. The predicted molar refractivity (Wildman–Crippen MR) is 80.2 cm³/mol. The van der Waals surface area contributed by atoms with Crippen LogP contribution in [0.1, 0.15) is 32.1 Å². The number of aromatic nitrogens is 3. The van der Waals surface area contributed by atoms with Crippen LogP contribution >= 0.6 is 27.5 Å². The molecule has 0 aromatic carbocycles. The molecule has 1 aromatic rings. The van der Waals surface area contributed by atoms with Crippen LogP contribution in [0.25, 0.3) is 0 Å². The third-order valence-electron chi connectivity index (χ3n) is 3.58. The Kier molecular flexibility index (Phi) is 5.44. The molecule has 9 heteroatoms. The molecule has 0 aliphatic heterocycles. The topological polar surface area (TPSA) is 68.1 Å². The van der Waals surface area contributed by atoms with Crippen LogP contribution in [-0.2, 0) is 17.1 Å². The quantitative estimate of drug-likeness (QED) is 0.728. The van der Waals surface area contributed by atoms with Crippen molar-refractivity contribution >= 4 is 37.6 Å². The van der Waals surface area contributed by atoms with E-state index in [0.29, 0.717) is 6.54 Å². The van der Waals surface area contributed by atoms with Gasteiger partial charge in [0.15, 0.2) is 4.60 Å². The fourth-order valence-electron chi connectivity index (χ4n) is 2.66. The number of nitrogens with zero attached hydrogens (tertiary/aromatic N) is 4. The number of aryl methyl sites for hydroxylation is 1. The van der Waals surface area contributed by atoms with Crippen molar-refractivity contribution in [3.63, 3.8) is 0 Å². The molecule has 1 heterocycles. The van der Waals surface area contributed by atoms with E-state index < -0.39 is 10.0 Å². The van der Waals surface area contributed by atoms with Crippen molar-refractivity contribution in [2.75, 3.05) is 12.4 Å². The molecule has 0 unspecified atom stereocenters. The molecule has 1 aromatic heterocycles. The Morgan fingerprint density at radius 3 is 2.55 bits per heavy atom. The Morgan fingerprint density at radius 1 is 1.40 bits per heavy atom. The summed E-state index contributed by atoms with van der Waals surface area (Å²) in [5, 5.41) is 7.60. The average molecular weight is 386 g/mol. The minimum absolute atomic E-state index is 0.0225. The van der Waals surface area contributed by atoms with Gasteiger partial charge in [-0.1, -0.05) is 24.5 Å². The number of hydrogen-bond acceptors (Lipinski definition) is 4. The van der Waals surface area contributed by atoms with Crippen molar-refractivity contribution in [1.82, 2.24) is 19.3 Å². The average Bonchev–Trinajstić information content (AvgIpc) is 2.77. The second kappa shape index (κ2) is 6.72. The molecule has 20 heavy (non-hydrogen) atoms. The second-order valence-corrected chi connectivity index (χ2v) is 7.84. The van der Waals surface area contributed by atoms with Gasteiger partial charge in [0.1, 0.15) is 0 Å². The van der Waals surface area contributed by atoms with Crippen molar-refractivity contribution in [2.45, 2.75) is 43.2 Å². The largest absolute Gasteiger partial charge is 0.263 e. The van der Waals surface area contributed by atoms with E-state index in [1.54, 1.807) is 7.05 Å². The summed E-state index contributed by atoms with van der Waals surface area (Å²) >= 11 is 8.97. The van der Waals surface area contributed by atoms with Crippen LogP contribution in [0.4, 0.5) is 0 Å². The zero-order valence-electron chi connectivity index (χ0n) is 11.3. The first-order valence-corrected chi connectivity index (χ1v) is 9.38. The van der Waals surface area contributed by atoms with Crippen LogP contribution < -0.4 is 0 Å². The summed E-state index contributed by atoms with van der Waals surface area (Å²) in [6, 6.07) is 0.0225. The summed E-state index contributed by atoms with van der Waals surface area (Å²) in [7, 11) is -2.07. The van der Waals surface area contributed by atoms with Gasteiger partial charge in [-0.15, -0.1) is 16.7 Å². The SMILES string of the molecule is Cn1nnc(Br)c1S(=O)(=O)N(CCCl)C1CCCCC1. The van der Waals surface area contributed by atoms with Gasteiger partial charge in [0, 0.05) is 25.5 Å². The standard InChI is InChI=1S/C11H18BrClN4O2S/c1-16-11(10(12)14-15-16)20(18,19)17(8-7-13)9-5-3-2-4-6-9/h9H,2-8H2,1H3. The first-order valence-electron chi connectivity index (χ1n) is 6.61. The van der Waals surface area contributed by atoms with Crippen LogP contribution in [-0.4, -0.2) is 46.2 Å². The normalized spacial score (nSPS) is 17.8. The Bertz CT molecular complexity index is 537. The lowest BCUT2D eigenvalue weighted by Gasteiger charge is -2.32. The van der Waals surface area contributed by atoms with E-state index in [2.05, 4.69) is 26.2 Å². The maximum atomic E-state index is 12.9. The molecule has 0 saturated heterocycles. The summed E-state index contributed by atoms with van der Waals surface area (Å²) in [5.41, 5.74) is 0. The van der Waals surface area contributed by atoms with Crippen LogP contribution in [0.2, 0.25) is 0 Å². The van der Waals surface area contributed by atoms with E-state index in [9.17, 15) is 8.42 Å². The van der Waals surface area contributed by atoms with Gasteiger partial charge >= 0.3 is 0 Å². The van der Waals surface area contributed by atoms with Gasteiger partial charge in [0.25, 0.3) is 10.0 Å². The van der Waals surface area contributed by atoms with E-state index in [-0.39, 0.29) is 21.6 Å². The number of alkyl halides is 1. The molecule has 1 aliphatic rings. The summed E-state index contributed by atoms with van der Waals surface area (Å²) in [6.45, 7) is 0.312. The van der Waals surface area contributed by atoms with Gasteiger partial charge in [0.05, 0.1) is 0 Å². The molecule has 0 radical (unpaired) electrons. The molecule has 1 aliphatic carbocycles. The summed E-state index contributed by atoms with van der Waals surface area (Å²) < 4.78 is 28.8. The molecule has 1 fully saturated rings. The Morgan fingerprint density at radius 2 is 2.05 bits per heavy atom. The molecule has 114 valence electrons. The smallest absolute Gasteiger partial charge is 0.235 e. The third-order valence-corrected chi connectivity index (χ3v) is 6.59. The Hall–Kier alpha value is -0.180. The van der Waals surface area contributed by atoms with E-state index in [0.717, 1.165) is 25.7 Å². The molecular weight excluding hydrogens is 368 g/mol. The number of sulfonamides is 1. The predicted octanol–water partition coefficient (Wildman–Crippen LogP) is 2.14. The number of rotatable bonds is 5. The molecule has 0 amide bonds. The minimum atomic E-state index is -3.64. The number of halogens is 2. The third kappa shape index (κ3) is 3.18. The van der Waals surface area contributed by atoms with E-state index in [1.165, 1.54) is 15.4 Å². The number of hydrogen-bond donors (Lipinski definition) is 0. The van der Waals surface area contributed by atoms with Gasteiger partial charge in [-0.25, -0.2) is 13.1 Å². The fourth-order valence-corrected chi connectivity index (χ4v) is 5.66. The summed E-state index contributed by atoms with van der Waals surface area (Å²) in [4.78, 5) is 0. The molecule has 0 spiro atoms. The van der Waals surface area contributed by atoms with Gasteiger partial charge in [-0.3, -0.25) is 0 Å². The Balaban J connectivity index is 2.36. The van der Waals surface area contributed by atoms with Crippen LogP contribution in [0.3, 0.4) is 0 Å². The van der Waals surface area contributed by atoms with E-state index in [1.807, 2.05) is 0 Å². The zero-order valence-corrected chi connectivity index (χ0v) is 14.5. The highest BCUT2D eigenvalue weighted by molar-refractivity contribution is 9.10. The van der Waals surface area contributed by atoms with Crippen molar-refractivity contribution in [3.8, 4) is 0 Å². The molecule has 2 rings (SSSR count). The Labute approximate surface area is 132 Å². The van der Waals surface area contributed by atoms with Crippen LogP contribution in [0, 0.1) is 0 Å². The highest BCUT2D eigenvalue weighted by Crippen LogP contribution is 2.29. The molecule has 0 atom stereocenters. The minimum Gasteiger partial charge on any atom is -0.235 e. The van der Waals surface area contributed by atoms with Crippen LogP contribution in [0.5, 0.6) is 0 Å². The first kappa shape index (κ1) is 16.2. The lowest BCUT2D eigenvalue weighted by atomic mass is 9.95. The summed E-state index contributed by atoms with van der Waals surface area (Å²) in [6.07, 6.45) is 5.06. The lowest BCUT2D eigenvalue weighted by molar-refractivity contribution is 0.260. The van der Waals surface area contributed by atoms with Gasteiger partial charge in [-0.2, -0.15) is 4.31 Å². The zero-order chi connectivity index (χ0) is 14.8. The van der Waals surface area contributed by atoms with E-state index >= 15 is 0 Å². The second-order valence-electron chi connectivity index (χ2n) is 4.91. The maximum Gasteiger partial charge on any atom is 0.263 e. The van der Waals surface area contributed by atoms with Crippen LogP contribution in [0.15, 0.2) is 9.63 Å².